The molecule has 0 aliphatic heterocycles. The van der Waals surface area contributed by atoms with Gasteiger partial charge in [0, 0.05) is 30.9 Å². The second-order valence-electron chi connectivity index (χ2n) is 5.46. The summed E-state index contributed by atoms with van der Waals surface area (Å²) in [6.45, 7) is 0.645. The first-order chi connectivity index (χ1) is 12.2. The van der Waals surface area contributed by atoms with E-state index < -0.39 is 0 Å². The minimum absolute atomic E-state index is 0.0721. The smallest absolute Gasteiger partial charge is 0.241 e. The summed E-state index contributed by atoms with van der Waals surface area (Å²) in [4.78, 5) is 15.8. The van der Waals surface area contributed by atoms with Crippen molar-refractivity contribution in [3.05, 3.63) is 54.2 Å². The fraction of sp³-hybridized carbons (Fsp3) is 0.235. The molecule has 0 spiro atoms. The van der Waals surface area contributed by atoms with E-state index in [1.54, 1.807) is 36.8 Å². The molecular weight excluding hydrogens is 325 g/mol. The third-order valence-electron chi connectivity index (χ3n) is 3.66. The van der Waals surface area contributed by atoms with Crippen molar-refractivity contribution in [2.24, 2.45) is 0 Å². The Morgan fingerprint density at radius 2 is 2.20 bits per heavy atom. The number of hydrogen-bond acceptors (Lipinski definition) is 5. The molecule has 25 heavy (non-hydrogen) atoms. The van der Waals surface area contributed by atoms with E-state index in [-0.39, 0.29) is 31.4 Å². The van der Waals surface area contributed by atoms with Gasteiger partial charge >= 0.3 is 0 Å². The van der Waals surface area contributed by atoms with E-state index in [0.29, 0.717) is 17.4 Å². The third kappa shape index (κ3) is 4.10. The zero-order valence-corrected chi connectivity index (χ0v) is 13.4. The molecular formula is C17H18FN5O2. The monoisotopic (exact) mass is 343 g/mol. The van der Waals surface area contributed by atoms with Crippen LogP contribution in [0.2, 0.25) is 0 Å². The Labute approximate surface area is 143 Å². The van der Waals surface area contributed by atoms with E-state index in [0.717, 1.165) is 11.3 Å². The van der Waals surface area contributed by atoms with Crippen LogP contribution in [0.25, 0.3) is 10.9 Å². The first kappa shape index (κ1) is 16.8. The van der Waals surface area contributed by atoms with Crippen molar-refractivity contribution < 1.29 is 14.3 Å². The van der Waals surface area contributed by atoms with Crippen LogP contribution in [0.5, 0.6) is 0 Å². The van der Waals surface area contributed by atoms with Crippen LogP contribution >= 0.6 is 0 Å². The molecule has 0 saturated heterocycles. The summed E-state index contributed by atoms with van der Waals surface area (Å²) in [5.41, 5.74) is 2.22. The Morgan fingerprint density at radius 1 is 1.32 bits per heavy atom. The number of nitrogens with zero attached hydrogens (tertiary/aromatic N) is 3. The molecule has 0 fully saturated rings. The van der Waals surface area contributed by atoms with E-state index in [9.17, 15) is 9.18 Å². The second-order valence-corrected chi connectivity index (χ2v) is 5.46. The SMILES string of the molecule is O=C(Cn1cc(NCc2ccc(F)c3cccnc23)cn1)NCCO. The highest BCUT2D eigenvalue weighted by molar-refractivity contribution is 5.82. The van der Waals surface area contributed by atoms with Crippen molar-refractivity contribution in [3.8, 4) is 0 Å². The Hall–Kier alpha value is -3.00. The summed E-state index contributed by atoms with van der Waals surface area (Å²) in [6.07, 6.45) is 4.95. The Morgan fingerprint density at radius 3 is 3.04 bits per heavy atom. The lowest BCUT2D eigenvalue weighted by Gasteiger charge is -2.08. The van der Waals surface area contributed by atoms with Crippen LogP contribution in [0.1, 0.15) is 5.56 Å². The Bertz CT molecular complexity index is 880. The fourth-order valence-corrected chi connectivity index (χ4v) is 2.48. The standard InChI is InChI=1S/C17H18FN5O2/c18-15-4-3-12(17-14(15)2-1-5-20-17)8-21-13-9-22-23(10-13)11-16(25)19-6-7-24/h1-5,9-10,21,24H,6-8,11H2,(H,19,25). The number of rotatable bonds is 7. The van der Waals surface area contributed by atoms with Gasteiger partial charge in [0.15, 0.2) is 0 Å². The molecule has 3 rings (SSSR count). The number of hydrogen-bond donors (Lipinski definition) is 3. The number of benzene rings is 1. The maximum Gasteiger partial charge on any atom is 0.241 e. The number of halogens is 1. The summed E-state index contributed by atoms with van der Waals surface area (Å²) >= 11 is 0. The largest absolute Gasteiger partial charge is 0.395 e. The molecule has 0 bridgehead atoms. The highest BCUT2D eigenvalue weighted by atomic mass is 19.1. The average Bonchev–Trinajstić information content (AvgIpc) is 3.07. The topological polar surface area (TPSA) is 92.1 Å². The number of aromatic nitrogens is 3. The van der Waals surface area contributed by atoms with Crippen molar-refractivity contribution in [2.75, 3.05) is 18.5 Å². The zero-order valence-electron chi connectivity index (χ0n) is 13.4. The highest BCUT2D eigenvalue weighted by Gasteiger charge is 2.08. The number of nitrogens with one attached hydrogen (secondary N) is 2. The summed E-state index contributed by atoms with van der Waals surface area (Å²) in [6, 6.07) is 6.53. The number of carbonyl (C=O) groups is 1. The number of aliphatic hydroxyl groups is 1. The average molecular weight is 343 g/mol. The molecule has 0 atom stereocenters. The number of amides is 1. The predicted octanol–water partition coefficient (Wildman–Crippen LogP) is 1.29. The zero-order chi connectivity index (χ0) is 17.6. The van der Waals surface area contributed by atoms with E-state index in [1.165, 1.54) is 10.7 Å². The summed E-state index contributed by atoms with van der Waals surface area (Å²) in [5, 5.41) is 19.0. The van der Waals surface area contributed by atoms with Crippen molar-refractivity contribution in [2.45, 2.75) is 13.1 Å². The van der Waals surface area contributed by atoms with Gasteiger partial charge in [0.2, 0.25) is 5.91 Å². The molecule has 8 heteroatoms. The summed E-state index contributed by atoms with van der Waals surface area (Å²) in [5.74, 6) is -0.522. The van der Waals surface area contributed by atoms with Crippen LogP contribution in [0, 0.1) is 5.82 Å². The van der Waals surface area contributed by atoms with Gasteiger partial charge in [-0.2, -0.15) is 5.10 Å². The van der Waals surface area contributed by atoms with E-state index >= 15 is 0 Å². The molecule has 1 aromatic carbocycles. The lowest BCUT2D eigenvalue weighted by Crippen LogP contribution is -2.30. The van der Waals surface area contributed by atoms with Gasteiger partial charge in [-0.15, -0.1) is 0 Å². The highest BCUT2D eigenvalue weighted by Crippen LogP contribution is 2.20. The minimum Gasteiger partial charge on any atom is -0.395 e. The Balaban J connectivity index is 1.65. The van der Waals surface area contributed by atoms with Crippen molar-refractivity contribution in [1.82, 2.24) is 20.1 Å². The maximum atomic E-state index is 13.8. The fourth-order valence-electron chi connectivity index (χ4n) is 2.48. The van der Waals surface area contributed by atoms with Crippen LogP contribution in [0.15, 0.2) is 42.9 Å². The quantitative estimate of drug-likeness (QED) is 0.601. The van der Waals surface area contributed by atoms with Gasteiger partial charge in [0.05, 0.1) is 24.0 Å². The molecule has 2 aromatic heterocycles. The number of fused-ring (bicyclic) bond motifs is 1. The van der Waals surface area contributed by atoms with Gasteiger partial charge in [0.25, 0.3) is 0 Å². The van der Waals surface area contributed by atoms with Crippen LogP contribution in [0.3, 0.4) is 0 Å². The number of pyridine rings is 1. The van der Waals surface area contributed by atoms with Crippen LogP contribution < -0.4 is 10.6 Å². The van der Waals surface area contributed by atoms with Crippen LogP contribution in [-0.4, -0.2) is 38.9 Å². The Kier molecular flexibility index (Phi) is 5.20. The number of aliphatic hydroxyl groups excluding tert-OH is 1. The molecule has 0 unspecified atom stereocenters. The minimum atomic E-state index is -0.298. The molecule has 3 aromatic rings. The molecule has 0 radical (unpaired) electrons. The maximum absolute atomic E-state index is 13.8. The molecule has 130 valence electrons. The molecule has 7 nitrogen and oxygen atoms in total. The van der Waals surface area contributed by atoms with Gasteiger partial charge in [-0.1, -0.05) is 6.07 Å². The summed E-state index contributed by atoms with van der Waals surface area (Å²) in [7, 11) is 0. The van der Waals surface area contributed by atoms with Gasteiger partial charge < -0.3 is 15.7 Å². The predicted molar refractivity (Wildman–Crippen MR) is 91.4 cm³/mol. The van der Waals surface area contributed by atoms with E-state index in [2.05, 4.69) is 20.7 Å². The number of anilines is 1. The molecule has 1 amide bonds. The van der Waals surface area contributed by atoms with Crippen LogP contribution in [-0.2, 0) is 17.9 Å². The van der Waals surface area contributed by atoms with E-state index in [4.69, 9.17) is 5.11 Å². The van der Waals surface area contributed by atoms with Gasteiger partial charge in [-0.05, 0) is 23.8 Å². The second kappa shape index (κ2) is 7.71. The number of carbonyl (C=O) groups excluding carboxylic acids is 1. The molecule has 0 saturated carbocycles. The van der Waals surface area contributed by atoms with Gasteiger partial charge in [-0.25, -0.2) is 4.39 Å². The van der Waals surface area contributed by atoms with Crippen molar-refractivity contribution >= 4 is 22.5 Å². The van der Waals surface area contributed by atoms with Crippen molar-refractivity contribution in [1.29, 1.82) is 0 Å². The van der Waals surface area contributed by atoms with Crippen LogP contribution in [0.4, 0.5) is 10.1 Å². The van der Waals surface area contributed by atoms with Crippen molar-refractivity contribution in [3.63, 3.8) is 0 Å². The first-order valence-corrected chi connectivity index (χ1v) is 7.83. The molecule has 2 heterocycles. The molecule has 0 aliphatic rings. The lowest BCUT2D eigenvalue weighted by molar-refractivity contribution is -0.122. The van der Waals surface area contributed by atoms with E-state index in [1.807, 2.05) is 0 Å². The van der Waals surface area contributed by atoms with Gasteiger partial charge in [-0.3, -0.25) is 14.5 Å². The molecule has 0 aliphatic carbocycles. The molecule has 3 N–H and O–H groups in total. The summed E-state index contributed by atoms with van der Waals surface area (Å²) < 4.78 is 15.3. The van der Waals surface area contributed by atoms with Gasteiger partial charge in [0.1, 0.15) is 12.4 Å². The normalized spacial score (nSPS) is 10.8. The lowest BCUT2D eigenvalue weighted by atomic mass is 10.1. The third-order valence-corrected chi connectivity index (χ3v) is 3.66. The first-order valence-electron chi connectivity index (χ1n) is 7.83.